The molecule has 0 unspecified atom stereocenters. The average molecular weight is 419 g/mol. The number of nitrogen functional groups attached to an aromatic ring is 1. The van der Waals surface area contributed by atoms with E-state index in [1.165, 1.54) is 10.7 Å². The normalized spacial score (nSPS) is 10.6. The number of aromatic nitrogens is 3. The van der Waals surface area contributed by atoms with Crippen LogP contribution in [0.2, 0.25) is 5.02 Å². The molecule has 0 aliphatic heterocycles. The second kappa shape index (κ2) is 8.28. The summed E-state index contributed by atoms with van der Waals surface area (Å²) in [6, 6.07) is 11.6. The molecule has 0 fully saturated rings. The Labute approximate surface area is 169 Å². The van der Waals surface area contributed by atoms with Gasteiger partial charge in [0.05, 0.1) is 15.7 Å². The highest BCUT2D eigenvalue weighted by Gasteiger charge is 2.16. The molecule has 144 valence electrons. The Bertz CT molecular complexity index is 1060. The molecule has 2 aromatic carbocycles. The van der Waals surface area contributed by atoms with Crippen LogP contribution >= 0.6 is 23.4 Å². The molecule has 0 bridgehead atoms. The molecule has 1 aromatic heterocycles. The highest BCUT2D eigenvalue weighted by atomic mass is 35.5. The number of nitro groups is 1. The van der Waals surface area contributed by atoms with E-state index in [0.29, 0.717) is 32.8 Å². The summed E-state index contributed by atoms with van der Waals surface area (Å²) in [6.07, 6.45) is 0. The van der Waals surface area contributed by atoms with Gasteiger partial charge < -0.3 is 11.2 Å². The van der Waals surface area contributed by atoms with Gasteiger partial charge >= 0.3 is 0 Å². The number of nitrogens with zero attached hydrogens (tertiary/aromatic N) is 4. The van der Waals surface area contributed by atoms with Gasteiger partial charge in [0.25, 0.3) is 5.69 Å². The summed E-state index contributed by atoms with van der Waals surface area (Å²) in [4.78, 5) is 22.7. The van der Waals surface area contributed by atoms with Gasteiger partial charge in [-0.3, -0.25) is 14.9 Å². The van der Waals surface area contributed by atoms with Crippen LogP contribution in [0.3, 0.4) is 0 Å². The number of hydrogen-bond acceptors (Lipinski definition) is 7. The van der Waals surface area contributed by atoms with E-state index < -0.39 is 4.92 Å². The average Bonchev–Trinajstić information content (AvgIpc) is 3.02. The Balaban J connectivity index is 1.67. The van der Waals surface area contributed by atoms with Crippen LogP contribution in [0.15, 0.2) is 47.6 Å². The maximum absolute atomic E-state index is 12.2. The zero-order valence-electron chi connectivity index (χ0n) is 14.6. The number of amides is 1. The molecular weight excluding hydrogens is 404 g/mol. The summed E-state index contributed by atoms with van der Waals surface area (Å²) in [7, 11) is 0. The molecule has 0 aliphatic rings. The van der Waals surface area contributed by atoms with E-state index in [1.807, 2.05) is 0 Å². The minimum atomic E-state index is -0.493. The van der Waals surface area contributed by atoms with Crippen molar-refractivity contribution >= 4 is 40.6 Å². The Morgan fingerprint density at radius 1 is 1.32 bits per heavy atom. The Kier molecular flexibility index (Phi) is 5.81. The quantitative estimate of drug-likeness (QED) is 0.272. The SMILES string of the molecule is Cc1ccc(NC(=O)CSc2nnc(-c3ccccc3Cl)n2N)cc1[N+](=O)[O-]. The van der Waals surface area contributed by atoms with Gasteiger partial charge in [0, 0.05) is 22.9 Å². The topological polar surface area (TPSA) is 129 Å². The Hall–Kier alpha value is -3.11. The summed E-state index contributed by atoms with van der Waals surface area (Å²) in [5.74, 6) is 6.04. The molecule has 0 saturated carbocycles. The van der Waals surface area contributed by atoms with Crippen molar-refractivity contribution in [1.29, 1.82) is 0 Å². The zero-order valence-corrected chi connectivity index (χ0v) is 16.2. The zero-order chi connectivity index (χ0) is 20.3. The van der Waals surface area contributed by atoms with Gasteiger partial charge in [0.2, 0.25) is 11.1 Å². The number of nitrogens with two attached hydrogens (primary N) is 1. The van der Waals surface area contributed by atoms with E-state index in [4.69, 9.17) is 17.4 Å². The molecule has 3 N–H and O–H groups in total. The molecule has 0 saturated heterocycles. The van der Waals surface area contributed by atoms with Crippen molar-refractivity contribution in [1.82, 2.24) is 14.9 Å². The maximum atomic E-state index is 12.2. The van der Waals surface area contributed by atoms with Crippen LogP contribution in [0.1, 0.15) is 5.56 Å². The molecular formula is C17H15ClN6O3S. The Morgan fingerprint density at radius 2 is 2.07 bits per heavy atom. The van der Waals surface area contributed by atoms with Crippen LogP contribution in [0.4, 0.5) is 11.4 Å². The number of hydrogen-bond donors (Lipinski definition) is 2. The minimum absolute atomic E-state index is 0.000467. The van der Waals surface area contributed by atoms with Gasteiger partial charge in [-0.1, -0.05) is 41.6 Å². The number of thioether (sulfide) groups is 1. The summed E-state index contributed by atoms with van der Waals surface area (Å²) in [6.45, 7) is 1.63. The van der Waals surface area contributed by atoms with Crippen molar-refractivity contribution in [2.24, 2.45) is 0 Å². The van der Waals surface area contributed by atoms with Crippen molar-refractivity contribution < 1.29 is 9.72 Å². The van der Waals surface area contributed by atoms with Crippen LogP contribution in [-0.2, 0) is 4.79 Å². The minimum Gasteiger partial charge on any atom is -0.335 e. The van der Waals surface area contributed by atoms with Gasteiger partial charge in [-0.25, -0.2) is 4.68 Å². The van der Waals surface area contributed by atoms with E-state index in [-0.39, 0.29) is 17.3 Å². The molecule has 3 rings (SSSR count). The lowest BCUT2D eigenvalue weighted by molar-refractivity contribution is -0.385. The van der Waals surface area contributed by atoms with Crippen molar-refractivity contribution in [3.05, 3.63) is 63.2 Å². The lowest BCUT2D eigenvalue weighted by Crippen LogP contribution is -2.16. The van der Waals surface area contributed by atoms with Crippen LogP contribution in [0.25, 0.3) is 11.4 Å². The van der Waals surface area contributed by atoms with Crippen molar-refractivity contribution in [3.8, 4) is 11.4 Å². The van der Waals surface area contributed by atoms with Crippen molar-refractivity contribution in [2.75, 3.05) is 16.9 Å². The Morgan fingerprint density at radius 3 is 2.79 bits per heavy atom. The third-order valence-corrected chi connectivity index (χ3v) is 5.07. The molecule has 11 heteroatoms. The van der Waals surface area contributed by atoms with Gasteiger partial charge in [-0.2, -0.15) is 0 Å². The standard InChI is InChI=1S/C17H15ClN6O3S/c1-10-6-7-11(8-14(10)24(26)27)20-15(25)9-28-17-22-21-16(23(17)19)12-4-2-3-5-13(12)18/h2-8H,9,19H2,1H3,(H,20,25). The van der Waals surface area contributed by atoms with E-state index in [2.05, 4.69) is 15.5 Å². The molecule has 1 amide bonds. The summed E-state index contributed by atoms with van der Waals surface area (Å²) in [5.41, 5.74) is 1.42. The fourth-order valence-electron chi connectivity index (χ4n) is 2.41. The molecule has 28 heavy (non-hydrogen) atoms. The first-order chi connectivity index (χ1) is 13.4. The van der Waals surface area contributed by atoms with E-state index in [9.17, 15) is 14.9 Å². The fraction of sp³-hybridized carbons (Fsp3) is 0.118. The maximum Gasteiger partial charge on any atom is 0.274 e. The van der Waals surface area contributed by atoms with Gasteiger partial charge in [0.15, 0.2) is 5.82 Å². The molecule has 1 heterocycles. The largest absolute Gasteiger partial charge is 0.335 e. The summed E-state index contributed by atoms with van der Waals surface area (Å²) in [5, 5.41) is 22.4. The molecule has 9 nitrogen and oxygen atoms in total. The molecule has 0 aliphatic carbocycles. The fourth-order valence-corrected chi connectivity index (χ4v) is 3.29. The predicted octanol–water partition coefficient (Wildman–Crippen LogP) is 3.26. The summed E-state index contributed by atoms with van der Waals surface area (Å²) < 4.78 is 1.26. The number of carbonyl (C=O) groups excluding carboxylic acids is 1. The van der Waals surface area contributed by atoms with Gasteiger partial charge in [0.1, 0.15) is 0 Å². The monoisotopic (exact) mass is 418 g/mol. The third kappa shape index (κ3) is 4.24. The molecule has 0 spiro atoms. The highest BCUT2D eigenvalue weighted by molar-refractivity contribution is 7.99. The number of anilines is 1. The first-order valence-corrected chi connectivity index (χ1v) is 9.36. The number of nitrogens with one attached hydrogen (secondary N) is 1. The molecule has 0 radical (unpaired) electrons. The highest BCUT2D eigenvalue weighted by Crippen LogP contribution is 2.28. The molecule has 0 atom stereocenters. The first kappa shape index (κ1) is 19.6. The second-order valence-corrected chi connectivity index (χ2v) is 7.10. The number of halogens is 1. The lowest BCUT2D eigenvalue weighted by Gasteiger charge is -2.07. The third-order valence-electron chi connectivity index (χ3n) is 3.80. The number of aryl methyl sites for hydroxylation is 1. The van der Waals surface area contributed by atoms with Crippen molar-refractivity contribution in [3.63, 3.8) is 0 Å². The number of rotatable bonds is 6. The van der Waals surface area contributed by atoms with E-state index in [0.717, 1.165) is 11.8 Å². The number of nitro benzene ring substituents is 1. The number of carbonyl (C=O) groups is 1. The summed E-state index contributed by atoms with van der Waals surface area (Å²) >= 11 is 7.23. The predicted molar refractivity (Wildman–Crippen MR) is 108 cm³/mol. The van der Waals surface area contributed by atoms with Gasteiger partial charge in [-0.05, 0) is 25.1 Å². The van der Waals surface area contributed by atoms with E-state index in [1.54, 1.807) is 43.3 Å². The second-order valence-electron chi connectivity index (χ2n) is 5.75. The van der Waals surface area contributed by atoms with Gasteiger partial charge in [-0.15, -0.1) is 10.2 Å². The van der Waals surface area contributed by atoms with Crippen LogP contribution in [0.5, 0.6) is 0 Å². The van der Waals surface area contributed by atoms with Crippen LogP contribution in [0, 0.1) is 17.0 Å². The lowest BCUT2D eigenvalue weighted by atomic mass is 10.2. The first-order valence-electron chi connectivity index (χ1n) is 8.00. The van der Waals surface area contributed by atoms with Crippen molar-refractivity contribution in [2.45, 2.75) is 12.1 Å². The van der Waals surface area contributed by atoms with Crippen LogP contribution in [-0.4, -0.2) is 31.5 Å². The van der Waals surface area contributed by atoms with Crippen LogP contribution < -0.4 is 11.2 Å². The molecule has 3 aromatic rings. The van der Waals surface area contributed by atoms with E-state index >= 15 is 0 Å². The number of benzene rings is 2. The smallest absolute Gasteiger partial charge is 0.274 e.